The van der Waals surface area contributed by atoms with E-state index in [9.17, 15) is 5.11 Å². The number of hydrogen-bond acceptors (Lipinski definition) is 3. The van der Waals surface area contributed by atoms with Crippen LogP contribution in [0.3, 0.4) is 0 Å². The summed E-state index contributed by atoms with van der Waals surface area (Å²) in [5, 5.41) is 12.5. The Morgan fingerprint density at radius 2 is 2.15 bits per heavy atom. The van der Waals surface area contributed by atoms with Gasteiger partial charge in [0, 0.05) is 18.2 Å². The van der Waals surface area contributed by atoms with Gasteiger partial charge in [-0.1, -0.05) is 0 Å². The zero-order chi connectivity index (χ0) is 9.84. The van der Waals surface area contributed by atoms with E-state index in [4.69, 9.17) is 4.74 Å². The molecular weight excluding hydrogens is 166 g/mol. The van der Waals surface area contributed by atoms with Gasteiger partial charge in [0.15, 0.2) is 0 Å². The fourth-order valence-electron chi connectivity index (χ4n) is 1.29. The fraction of sp³-hybridized carbons (Fsp3) is 0.400. The van der Waals surface area contributed by atoms with Crippen molar-refractivity contribution in [2.24, 2.45) is 0 Å². The highest BCUT2D eigenvalue weighted by molar-refractivity contribution is 5.45. The van der Waals surface area contributed by atoms with Crippen molar-refractivity contribution in [1.82, 2.24) is 5.32 Å². The van der Waals surface area contributed by atoms with Crippen LogP contribution >= 0.6 is 0 Å². The Morgan fingerprint density at radius 3 is 2.69 bits per heavy atom. The van der Waals surface area contributed by atoms with Crippen molar-refractivity contribution in [1.29, 1.82) is 0 Å². The first-order chi connectivity index (χ1) is 6.19. The SMILES string of the molecule is CNCc1cc(C)c(OC)cc1O. The molecule has 0 fully saturated rings. The second-order valence-corrected chi connectivity index (χ2v) is 2.98. The zero-order valence-electron chi connectivity index (χ0n) is 8.22. The minimum atomic E-state index is 0.275. The van der Waals surface area contributed by atoms with Crippen LogP contribution in [0.2, 0.25) is 0 Å². The normalized spacial score (nSPS) is 10.1. The maximum atomic E-state index is 9.56. The number of aryl methyl sites for hydroxylation is 1. The smallest absolute Gasteiger partial charge is 0.125 e. The van der Waals surface area contributed by atoms with Gasteiger partial charge in [-0.3, -0.25) is 0 Å². The number of rotatable bonds is 3. The number of methoxy groups -OCH3 is 1. The minimum absolute atomic E-state index is 0.275. The number of ether oxygens (including phenoxy) is 1. The number of hydrogen-bond donors (Lipinski definition) is 2. The summed E-state index contributed by atoms with van der Waals surface area (Å²) < 4.78 is 5.08. The van der Waals surface area contributed by atoms with Gasteiger partial charge < -0.3 is 15.2 Å². The molecule has 0 saturated heterocycles. The molecule has 1 aromatic carbocycles. The Kier molecular flexibility index (Phi) is 3.14. The van der Waals surface area contributed by atoms with Crippen molar-refractivity contribution in [3.63, 3.8) is 0 Å². The van der Waals surface area contributed by atoms with Gasteiger partial charge in [0.25, 0.3) is 0 Å². The van der Waals surface area contributed by atoms with Crippen molar-refractivity contribution in [2.75, 3.05) is 14.2 Å². The Hall–Kier alpha value is -1.22. The van der Waals surface area contributed by atoms with Crippen LogP contribution in [0.15, 0.2) is 12.1 Å². The molecule has 2 N–H and O–H groups in total. The third-order valence-electron chi connectivity index (χ3n) is 1.96. The summed E-state index contributed by atoms with van der Waals surface area (Å²) in [5.41, 5.74) is 1.92. The lowest BCUT2D eigenvalue weighted by molar-refractivity contribution is 0.403. The van der Waals surface area contributed by atoms with E-state index in [1.165, 1.54) is 0 Å². The van der Waals surface area contributed by atoms with Crippen LogP contribution in [0.5, 0.6) is 11.5 Å². The second-order valence-electron chi connectivity index (χ2n) is 2.98. The first-order valence-electron chi connectivity index (χ1n) is 4.20. The molecule has 0 amide bonds. The van der Waals surface area contributed by atoms with Crippen LogP contribution in [0.1, 0.15) is 11.1 Å². The van der Waals surface area contributed by atoms with Gasteiger partial charge >= 0.3 is 0 Å². The quantitative estimate of drug-likeness (QED) is 0.741. The van der Waals surface area contributed by atoms with E-state index in [0.29, 0.717) is 6.54 Å². The molecule has 0 aliphatic carbocycles. The average Bonchev–Trinajstić information content (AvgIpc) is 2.11. The van der Waals surface area contributed by atoms with Crippen molar-refractivity contribution < 1.29 is 9.84 Å². The lowest BCUT2D eigenvalue weighted by Gasteiger charge is -2.09. The monoisotopic (exact) mass is 181 g/mol. The third-order valence-corrected chi connectivity index (χ3v) is 1.96. The van der Waals surface area contributed by atoms with Gasteiger partial charge in [-0.2, -0.15) is 0 Å². The molecule has 3 nitrogen and oxygen atoms in total. The molecule has 0 atom stereocenters. The summed E-state index contributed by atoms with van der Waals surface area (Å²) in [6.45, 7) is 2.62. The largest absolute Gasteiger partial charge is 0.507 e. The summed E-state index contributed by atoms with van der Waals surface area (Å²) in [6, 6.07) is 3.56. The summed E-state index contributed by atoms with van der Waals surface area (Å²) in [7, 11) is 3.44. The molecule has 3 heteroatoms. The highest BCUT2D eigenvalue weighted by Gasteiger charge is 2.05. The van der Waals surface area contributed by atoms with E-state index in [-0.39, 0.29) is 5.75 Å². The van der Waals surface area contributed by atoms with E-state index in [1.54, 1.807) is 13.2 Å². The Balaban J connectivity index is 3.05. The Labute approximate surface area is 78.3 Å². The predicted octanol–water partition coefficient (Wildman–Crippen LogP) is 1.43. The van der Waals surface area contributed by atoms with E-state index in [1.807, 2.05) is 20.0 Å². The topological polar surface area (TPSA) is 41.5 Å². The summed E-state index contributed by atoms with van der Waals surface area (Å²) in [4.78, 5) is 0. The molecule has 0 spiro atoms. The molecule has 0 saturated carbocycles. The average molecular weight is 181 g/mol. The summed E-state index contributed by atoms with van der Waals surface area (Å²) in [5.74, 6) is 0.995. The number of phenolic OH excluding ortho intramolecular Hbond substituents is 1. The lowest BCUT2D eigenvalue weighted by Crippen LogP contribution is -2.05. The van der Waals surface area contributed by atoms with Gasteiger partial charge in [0.1, 0.15) is 11.5 Å². The zero-order valence-corrected chi connectivity index (χ0v) is 8.22. The maximum Gasteiger partial charge on any atom is 0.125 e. The molecule has 0 heterocycles. The summed E-state index contributed by atoms with van der Waals surface area (Å²) in [6.07, 6.45) is 0. The molecule has 0 aliphatic rings. The number of nitrogens with one attached hydrogen (secondary N) is 1. The Bertz CT molecular complexity index is 297. The third kappa shape index (κ3) is 2.12. The molecule has 0 radical (unpaired) electrons. The molecule has 72 valence electrons. The fourth-order valence-corrected chi connectivity index (χ4v) is 1.29. The molecule has 0 aliphatic heterocycles. The van der Waals surface area contributed by atoms with Crippen molar-refractivity contribution in [3.8, 4) is 11.5 Å². The maximum absolute atomic E-state index is 9.56. The predicted molar refractivity (Wildman–Crippen MR) is 52.2 cm³/mol. The van der Waals surface area contributed by atoms with Crippen LogP contribution in [-0.2, 0) is 6.54 Å². The van der Waals surface area contributed by atoms with Crippen LogP contribution in [0, 0.1) is 6.92 Å². The molecule has 1 rings (SSSR count). The summed E-state index contributed by atoms with van der Waals surface area (Å²) >= 11 is 0. The van der Waals surface area contributed by atoms with Gasteiger partial charge in [0.05, 0.1) is 7.11 Å². The van der Waals surface area contributed by atoms with Crippen LogP contribution in [0.4, 0.5) is 0 Å². The highest BCUT2D eigenvalue weighted by atomic mass is 16.5. The Morgan fingerprint density at radius 1 is 1.46 bits per heavy atom. The van der Waals surface area contributed by atoms with E-state index in [2.05, 4.69) is 5.32 Å². The molecule has 0 aromatic heterocycles. The van der Waals surface area contributed by atoms with Crippen molar-refractivity contribution >= 4 is 0 Å². The van der Waals surface area contributed by atoms with E-state index >= 15 is 0 Å². The first-order valence-corrected chi connectivity index (χ1v) is 4.20. The highest BCUT2D eigenvalue weighted by Crippen LogP contribution is 2.27. The van der Waals surface area contributed by atoms with Crippen LogP contribution in [0.25, 0.3) is 0 Å². The standard InChI is InChI=1S/C10H15NO2/c1-7-4-8(6-11-2)9(12)5-10(7)13-3/h4-5,11-12H,6H2,1-3H3. The lowest BCUT2D eigenvalue weighted by atomic mass is 10.1. The van der Waals surface area contributed by atoms with Crippen molar-refractivity contribution in [3.05, 3.63) is 23.3 Å². The van der Waals surface area contributed by atoms with Gasteiger partial charge in [-0.25, -0.2) is 0 Å². The van der Waals surface area contributed by atoms with Crippen LogP contribution in [-0.4, -0.2) is 19.3 Å². The molecular formula is C10H15NO2. The van der Waals surface area contributed by atoms with E-state index in [0.717, 1.165) is 16.9 Å². The minimum Gasteiger partial charge on any atom is -0.507 e. The molecule has 13 heavy (non-hydrogen) atoms. The molecule has 0 bridgehead atoms. The van der Waals surface area contributed by atoms with E-state index < -0.39 is 0 Å². The van der Waals surface area contributed by atoms with Gasteiger partial charge in [-0.05, 0) is 25.6 Å². The first kappa shape index (κ1) is 9.86. The molecule has 0 unspecified atom stereocenters. The number of aromatic hydroxyl groups is 1. The van der Waals surface area contributed by atoms with Gasteiger partial charge in [-0.15, -0.1) is 0 Å². The number of benzene rings is 1. The van der Waals surface area contributed by atoms with Crippen LogP contribution < -0.4 is 10.1 Å². The second kappa shape index (κ2) is 4.14. The molecule has 1 aromatic rings. The van der Waals surface area contributed by atoms with Gasteiger partial charge in [0.2, 0.25) is 0 Å². The number of phenols is 1. The van der Waals surface area contributed by atoms with Crippen molar-refractivity contribution in [2.45, 2.75) is 13.5 Å².